The summed E-state index contributed by atoms with van der Waals surface area (Å²) in [4.78, 5) is 35.6. The van der Waals surface area contributed by atoms with Gasteiger partial charge in [0.2, 0.25) is 5.01 Å². The van der Waals surface area contributed by atoms with Gasteiger partial charge in [0.05, 0.1) is 19.2 Å². The maximum Gasteiger partial charge on any atom is 0.337 e. The molecule has 0 saturated carbocycles. The Kier molecular flexibility index (Phi) is 6.65. The topological polar surface area (TPSA) is 122 Å². The van der Waals surface area contributed by atoms with Gasteiger partial charge in [-0.3, -0.25) is 4.79 Å². The largest absolute Gasteiger partial charge is 0.465 e. The van der Waals surface area contributed by atoms with E-state index in [1.54, 1.807) is 12.1 Å². The first-order valence-electron chi connectivity index (χ1n) is 8.57. The van der Waals surface area contributed by atoms with Crippen molar-refractivity contribution in [3.8, 4) is 0 Å². The standard InChI is InChI=1S/C19H16FN5O4S/c1-29-18(27)11-2-6-14(7-3-11)23-19(28)21-10-15-24-25-17(30-15)16(26)22-13-8-4-12(20)5-9-13/h2-9H,10H2,1H3,(H,22,26)(H2,21,23,28). The molecule has 3 amide bonds. The number of rotatable bonds is 6. The Morgan fingerprint density at radius 1 is 0.967 bits per heavy atom. The number of urea groups is 1. The van der Waals surface area contributed by atoms with Gasteiger partial charge in [-0.2, -0.15) is 0 Å². The molecule has 154 valence electrons. The van der Waals surface area contributed by atoms with Crippen molar-refractivity contribution < 1.29 is 23.5 Å². The quantitative estimate of drug-likeness (QED) is 0.518. The lowest BCUT2D eigenvalue weighted by Gasteiger charge is -2.06. The third-order valence-corrected chi connectivity index (χ3v) is 4.65. The van der Waals surface area contributed by atoms with Gasteiger partial charge in [-0.05, 0) is 48.5 Å². The van der Waals surface area contributed by atoms with E-state index in [1.165, 1.54) is 43.5 Å². The Labute approximate surface area is 174 Å². The molecule has 0 saturated heterocycles. The number of ether oxygens (including phenoxy) is 1. The maximum absolute atomic E-state index is 12.9. The lowest BCUT2D eigenvalue weighted by molar-refractivity contribution is 0.0600. The van der Waals surface area contributed by atoms with Gasteiger partial charge in [0.1, 0.15) is 10.8 Å². The van der Waals surface area contributed by atoms with E-state index < -0.39 is 23.7 Å². The van der Waals surface area contributed by atoms with Crippen LogP contribution in [0.15, 0.2) is 48.5 Å². The van der Waals surface area contributed by atoms with Crippen LogP contribution < -0.4 is 16.0 Å². The predicted octanol–water partition coefficient (Wildman–Crippen LogP) is 3.04. The molecule has 0 spiro atoms. The fourth-order valence-corrected chi connectivity index (χ4v) is 2.95. The van der Waals surface area contributed by atoms with Gasteiger partial charge in [0, 0.05) is 11.4 Å². The molecule has 11 heteroatoms. The molecular weight excluding hydrogens is 413 g/mol. The Hall–Kier alpha value is -3.86. The van der Waals surface area contributed by atoms with E-state index in [9.17, 15) is 18.8 Å². The van der Waals surface area contributed by atoms with E-state index >= 15 is 0 Å². The third kappa shape index (κ3) is 5.58. The smallest absolute Gasteiger partial charge is 0.337 e. The molecular formula is C19H16FN5O4S. The predicted molar refractivity (Wildman–Crippen MR) is 108 cm³/mol. The van der Waals surface area contributed by atoms with Crippen LogP contribution in [-0.4, -0.2) is 35.2 Å². The van der Waals surface area contributed by atoms with Gasteiger partial charge < -0.3 is 20.7 Å². The minimum absolute atomic E-state index is 0.0631. The van der Waals surface area contributed by atoms with Crippen LogP contribution in [-0.2, 0) is 11.3 Å². The molecule has 2 aromatic carbocycles. The normalized spacial score (nSPS) is 10.2. The van der Waals surface area contributed by atoms with E-state index in [2.05, 4.69) is 30.9 Å². The molecule has 1 heterocycles. The average molecular weight is 429 g/mol. The molecule has 3 rings (SSSR count). The second-order valence-electron chi connectivity index (χ2n) is 5.84. The summed E-state index contributed by atoms with van der Waals surface area (Å²) in [6.45, 7) is 0.0631. The highest BCUT2D eigenvalue weighted by atomic mass is 32.1. The summed E-state index contributed by atoms with van der Waals surface area (Å²) >= 11 is 1.02. The number of nitrogens with one attached hydrogen (secondary N) is 3. The summed E-state index contributed by atoms with van der Waals surface area (Å²) in [6.07, 6.45) is 0. The third-order valence-electron chi connectivity index (χ3n) is 3.73. The van der Waals surface area contributed by atoms with Crippen LogP contribution in [0.4, 0.5) is 20.6 Å². The van der Waals surface area contributed by atoms with Crippen molar-refractivity contribution in [2.75, 3.05) is 17.7 Å². The van der Waals surface area contributed by atoms with E-state index in [4.69, 9.17) is 0 Å². The van der Waals surface area contributed by atoms with Gasteiger partial charge in [-0.1, -0.05) is 11.3 Å². The highest BCUT2D eigenvalue weighted by Gasteiger charge is 2.14. The molecule has 0 aliphatic carbocycles. The number of hydrogen-bond acceptors (Lipinski definition) is 7. The number of hydrogen-bond donors (Lipinski definition) is 3. The van der Waals surface area contributed by atoms with Crippen LogP contribution in [0.2, 0.25) is 0 Å². The molecule has 0 atom stereocenters. The summed E-state index contributed by atoms with van der Waals surface area (Å²) in [5.41, 5.74) is 1.27. The van der Waals surface area contributed by atoms with Crippen molar-refractivity contribution in [3.05, 3.63) is 69.9 Å². The summed E-state index contributed by atoms with van der Waals surface area (Å²) in [7, 11) is 1.28. The van der Waals surface area contributed by atoms with Crippen LogP contribution in [0.5, 0.6) is 0 Å². The van der Waals surface area contributed by atoms with Crippen LogP contribution in [0.1, 0.15) is 25.2 Å². The molecule has 1 aromatic heterocycles. The minimum atomic E-state index is -0.492. The first-order chi connectivity index (χ1) is 14.4. The number of aromatic nitrogens is 2. The van der Waals surface area contributed by atoms with Crippen molar-refractivity contribution in [1.82, 2.24) is 15.5 Å². The lowest BCUT2D eigenvalue weighted by Crippen LogP contribution is -2.28. The van der Waals surface area contributed by atoms with Gasteiger partial charge in [-0.25, -0.2) is 14.0 Å². The van der Waals surface area contributed by atoms with Crippen molar-refractivity contribution in [1.29, 1.82) is 0 Å². The molecule has 30 heavy (non-hydrogen) atoms. The number of carbonyl (C=O) groups is 3. The summed E-state index contributed by atoms with van der Waals surface area (Å²) in [5.74, 6) is -1.36. The number of benzene rings is 2. The fraction of sp³-hybridized carbons (Fsp3) is 0.105. The molecule has 0 unspecified atom stereocenters. The van der Waals surface area contributed by atoms with Crippen LogP contribution in [0.25, 0.3) is 0 Å². The molecule has 0 aliphatic rings. The molecule has 0 fully saturated rings. The van der Waals surface area contributed by atoms with Gasteiger partial charge in [0.15, 0.2) is 0 Å². The van der Waals surface area contributed by atoms with Crippen molar-refractivity contribution >= 4 is 40.6 Å². The summed E-state index contributed by atoms with van der Waals surface area (Å²) < 4.78 is 17.5. The van der Waals surface area contributed by atoms with Crippen molar-refractivity contribution in [2.24, 2.45) is 0 Å². The van der Waals surface area contributed by atoms with E-state index in [1.807, 2.05) is 0 Å². The van der Waals surface area contributed by atoms with Crippen LogP contribution >= 0.6 is 11.3 Å². The number of esters is 1. The number of anilines is 2. The Balaban J connectivity index is 1.49. The lowest BCUT2D eigenvalue weighted by atomic mass is 10.2. The zero-order valence-electron chi connectivity index (χ0n) is 15.6. The van der Waals surface area contributed by atoms with Crippen LogP contribution in [0, 0.1) is 5.82 Å². The number of nitrogens with zero attached hydrogens (tertiary/aromatic N) is 2. The SMILES string of the molecule is COC(=O)c1ccc(NC(=O)NCc2nnc(C(=O)Nc3ccc(F)cc3)s2)cc1. The fourth-order valence-electron chi connectivity index (χ4n) is 2.27. The van der Waals surface area contributed by atoms with Crippen LogP contribution in [0.3, 0.4) is 0 Å². The Morgan fingerprint density at radius 2 is 1.60 bits per heavy atom. The summed E-state index contributed by atoms with van der Waals surface area (Å²) in [5, 5.41) is 16.0. The van der Waals surface area contributed by atoms with Gasteiger partial charge in [0.25, 0.3) is 5.91 Å². The van der Waals surface area contributed by atoms with Gasteiger partial charge >= 0.3 is 12.0 Å². The number of methoxy groups -OCH3 is 1. The minimum Gasteiger partial charge on any atom is -0.465 e. The molecule has 3 N–H and O–H groups in total. The first-order valence-corrected chi connectivity index (χ1v) is 9.39. The van der Waals surface area contributed by atoms with E-state index in [0.29, 0.717) is 21.9 Å². The highest BCUT2D eigenvalue weighted by molar-refractivity contribution is 7.13. The molecule has 0 radical (unpaired) electrons. The number of halogens is 1. The molecule has 0 bridgehead atoms. The average Bonchev–Trinajstić information content (AvgIpc) is 3.23. The second kappa shape index (κ2) is 9.56. The van der Waals surface area contributed by atoms with Crippen molar-refractivity contribution in [3.63, 3.8) is 0 Å². The number of carbonyl (C=O) groups excluding carboxylic acids is 3. The second-order valence-corrected chi connectivity index (χ2v) is 6.90. The maximum atomic E-state index is 12.9. The summed E-state index contributed by atoms with van der Waals surface area (Å²) in [6, 6.07) is 11.0. The van der Waals surface area contributed by atoms with E-state index in [-0.39, 0.29) is 11.6 Å². The van der Waals surface area contributed by atoms with Gasteiger partial charge in [-0.15, -0.1) is 10.2 Å². The highest BCUT2D eigenvalue weighted by Crippen LogP contribution is 2.14. The molecule has 9 nitrogen and oxygen atoms in total. The first kappa shape index (κ1) is 20.9. The van der Waals surface area contributed by atoms with E-state index in [0.717, 1.165) is 11.3 Å². The molecule has 3 aromatic rings. The zero-order valence-corrected chi connectivity index (χ0v) is 16.5. The van der Waals surface area contributed by atoms with Crippen molar-refractivity contribution in [2.45, 2.75) is 6.54 Å². The Bertz CT molecular complexity index is 1050. The molecule has 0 aliphatic heterocycles. The zero-order chi connectivity index (χ0) is 21.5. The Morgan fingerprint density at radius 3 is 2.27 bits per heavy atom. The number of amides is 3. The monoisotopic (exact) mass is 429 g/mol.